The lowest BCUT2D eigenvalue weighted by molar-refractivity contribution is 0.145. The molecule has 0 saturated carbocycles. The van der Waals surface area contributed by atoms with E-state index in [1.807, 2.05) is 12.1 Å². The molecule has 5 heteroatoms. The van der Waals surface area contributed by atoms with Gasteiger partial charge in [-0.3, -0.25) is 0 Å². The third-order valence-electron chi connectivity index (χ3n) is 3.65. The van der Waals surface area contributed by atoms with Gasteiger partial charge in [0.1, 0.15) is 0 Å². The standard InChI is InChI=1S/C15H23ClN2O2/c1-20-10-7-17-11-12-3-2-4-14(16)15(12)18-8-5-13(19)6-9-18/h2-4,13,17,19H,5-11H2,1H3. The minimum atomic E-state index is -0.169. The van der Waals surface area contributed by atoms with Crippen molar-refractivity contribution in [3.8, 4) is 0 Å². The van der Waals surface area contributed by atoms with E-state index in [2.05, 4.69) is 16.3 Å². The molecule has 1 fully saturated rings. The number of piperidine rings is 1. The summed E-state index contributed by atoms with van der Waals surface area (Å²) in [6.45, 7) is 4.01. The predicted octanol–water partition coefficient (Wildman–Crippen LogP) is 2.04. The first-order chi connectivity index (χ1) is 9.72. The van der Waals surface area contributed by atoms with Crippen molar-refractivity contribution in [2.24, 2.45) is 0 Å². The second-order valence-electron chi connectivity index (χ2n) is 5.14. The second-order valence-corrected chi connectivity index (χ2v) is 5.54. The fourth-order valence-corrected chi connectivity index (χ4v) is 2.86. The van der Waals surface area contributed by atoms with Crippen molar-refractivity contribution in [1.29, 1.82) is 0 Å². The Morgan fingerprint density at radius 1 is 1.40 bits per heavy atom. The number of aliphatic hydroxyl groups is 1. The van der Waals surface area contributed by atoms with Crippen LogP contribution in [-0.4, -0.2) is 44.6 Å². The van der Waals surface area contributed by atoms with Crippen LogP contribution in [0.5, 0.6) is 0 Å². The lowest BCUT2D eigenvalue weighted by atomic mass is 10.0. The molecule has 0 amide bonds. The molecule has 20 heavy (non-hydrogen) atoms. The van der Waals surface area contributed by atoms with Crippen LogP contribution in [0.25, 0.3) is 0 Å². The molecule has 0 radical (unpaired) electrons. The Balaban J connectivity index is 2.06. The third-order valence-corrected chi connectivity index (χ3v) is 3.95. The first-order valence-electron chi connectivity index (χ1n) is 7.12. The summed E-state index contributed by atoms with van der Waals surface area (Å²) in [7, 11) is 1.70. The van der Waals surface area contributed by atoms with Crippen LogP contribution in [0.4, 0.5) is 5.69 Å². The van der Waals surface area contributed by atoms with Gasteiger partial charge in [-0.25, -0.2) is 0 Å². The van der Waals surface area contributed by atoms with Crippen molar-refractivity contribution >= 4 is 17.3 Å². The van der Waals surface area contributed by atoms with E-state index in [0.717, 1.165) is 49.7 Å². The molecule has 1 aromatic carbocycles. The molecular weight excluding hydrogens is 276 g/mol. The normalized spacial score (nSPS) is 16.6. The Hall–Kier alpha value is -0.810. The first-order valence-corrected chi connectivity index (χ1v) is 7.50. The number of nitrogens with zero attached hydrogens (tertiary/aromatic N) is 1. The Morgan fingerprint density at radius 2 is 2.15 bits per heavy atom. The van der Waals surface area contributed by atoms with Gasteiger partial charge in [0.15, 0.2) is 0 Å². The molecule has 0 atom stereocenters. The molecule has 0 bridgehead atoms. The van der Waals surface area contributed by atoms with Crippen LogP contribution in [0.2, 0.25) is 5.02 Å². The summed E-state index contributed by atoms with van der Waals surface area (Å²) in [5.41, 5.74) is 2.30. The summed E-state index contributed by atoms with van der Waals surface area (Å²) in [6, 6.07) is 6.02. The number of aliphatic hydroxyl groups excluding tert-OH is 1. The fraction of sp³-hybridized carbons (Fsp3) is 0.600. The van der Waals surface area contributed by atoms with Crippen molar-refractivity contribution in [1.82, 2.24) is 5.32 Å². The molecule has 1 aliphatic heterocycles. The molecule has 0 unspecified atom stereocenters. The van der Waals surface area contributed by atoms with E-state index in [-0.39, 0.29) is 6.10 Å². The van der Waals surface area contributed by atoms with Gasteiger partial charge in [0.2, 0.25) is 0 Å². The Kier molecular flexibility index (Phi) is 6.10. The summed E-state index contributed by atoms with van der Waals surface area (Å²) in [5.74, 6) is 0. The van der Waals surface area contributed by atoms with Crippen LogP contribution in [0, 0.1) is 0 Å². The van der Waals surface area contributed by atoms with Crippen molar-refractivity contribution in [2.45, 2.75) is 25.5 Å². The van der Waals surface area contributed by atoms with Crippen LogP contribution in [0.15, 0.2) is 18.2 Å². The number of halogens is 1. The molecular formula is C15H23ClN2O2. The number of methoxy groups -OCH3 is 1. The number of hydrogen-bond donors (Lipinski definition) is 2. The zero-order valence-electron chi connectivity index (χ0n) is 11.9. The largest absolute Gasteiger partial charge is 0.393 e. The maximum absolute atomic E-state index is 9.63. The van der Waals surface area contributed by atoms with Gasteiger partial charge in [-0.15, -0.1) is 0 Å². The number of rotatable bonds is 6. The van der Waals surface area contributed by atoms with Gasteiger partial charge in [-0.05, 0) is 24.5 Å². The Morgan fingerprint density at radius 3 is 2.85 bits per heavy atom. The van der Waals surface area contributed by atoms with Crippen molar-refractivity contribution in [2.75, 3.05) is 38.3 Å². The molecule has 0 spiro atoms. The molecule has 0 aliphatic carbocycles. The quantitative estimate of drug-likeness (QED) is 0.789. The van der Waals surface area contributed by atoms with E-state index < -0.39 is 0 Å². The van der Waals surface area contributed by atoms with Gasteiger partial charge in [0.05, 0.1) is 23.4 Å². The first kappa shape index (κ1) is 15.6. The number of ether oxygens (including phenoxy) is 1. The monoisotopic (exact) mass is 298 g/mol. The number of nitrogens with one attached hydrogen (secondary N) is 1. The number of hydrogen-bond acceptors (Lipinski definition) is 4. The number of anilines is 1. The highest BCUT2D eigenvalue weighted by molar-refractivity contribution is 6.33. The van der Waals surface area contributed by atoms with Gasteiger partial charge in [0, 0.05) is 33.3 Å². The Bertz CT molecular complexity index is 420. The highest BCUT2D eigenvalue weighted by Crippen LogP contribution is 2.32. The van der Waals surface area contributed by atoms with Crippen LogP contribution >= 0.6 is 11.6 Å². The topological polar surface area (TPSA) is 44.7 Å². The lowest BCUT2D eigenvalue weighted by Gasteiger charge is -2.33. The summed E-state index contributed by atoms with van der Waals surface area (Å²) >= 11 is 6.38. The third kappa shape index (κ3) is 4.09. The molecule has 4 nitrogen and oxygen atoms in total. The van der Waals surface area contributed by atoms with E-state index in [1.165, 1.54) is 5.56 Å². The fourth-order valence-electron chi connectivity index (χ4n) is 2.54. The Labute approximate surface area is 125 Å². The maximum atomic E-state index is 9.63. The molecule has 112 valence electrons. The summed E-state index contributed by atoms with van der Waals surface area (Å²) < 4.78 is 5.04. The van der Waals surface area contributed by atoms with Gasteiger partial charge >= 0.3 is 0 Å². The highest BCUT2D eigenvalue weighted by atomic mass is 35.5. The average molecular weight is 299 g/mol. The minimum Gasteiger partial charge on any atom is -0.393 e. The van der Waals surface area contributed by atoms with Crippen LogP contribution < -0.4 is 10.2 Å². The molecule has 2 rings (SSSR count). The van der Waals surface area contributed by atoms with Gasteiger partial charge < -0.3 is 20.1 Å². The van der Waals surface area contributed by atoms with Crippen molar-refractivity contribution in [3.05, 3.63) is 28.8 Å². The van der Waals surface area contributed by atoms with Crippen molar-refractivity contribution in [3.63, 3.8) is 0 Å². The molecule has 1 saturated heterocycles. The maximum Gasteiger partial charge on any atom is 0.0642 e. The van der Waals surface area contributed by atoms with Crippen molar-refractivity contribution < 1.29 is 9.84 Å². The number of para-hydroxylation sites is 1. The van der Waals surface area contributed by atoms with E-state index >= 15 is 0 Å². The second kappa shape index (κ2) is 7.84. The lowest BCUT2D eigenvalue weighted by Crippen LogP contribution is -2.36. The molecule has 1 heterocycles. The number of benzene rings is 1. The summed E-state index contributed by atoms with van der Waals surface area (Å²) in [6.07, 6.45) is 1.45. The summed E-state index contributed by atoms with van der Waals surface area (Å²) in [5, 5.41) is 13.8. The SMILES string of the molecule is COCCNCc1cccc(Cl)c1N1CCC(O)CC1. The van der Waals surface area contributed by atoms with E-state index in [0.29, 0.717) is 6.61 Å². The van der Waals surface area contributed by atoms with Crippen LogP contribution in [0.1, 0.15) is 18.4 Å². The molecule has 2 N–H and O–H groups in total. The van der Waals surface area contributed by atoms with Crippen LogP contribution in [0.3, 0.4) is 0 Å². The zero-order chi connectivity index (χ0) is 14.4. The highest BCUT2D eigenvalue weighted by Gasteiger charge is 2.21. The molecule has 0 aromatic heterocycles. The van der Waals surface area contributed by atoms with E-state index in [1.54, 1.807) is 7.11 Å². The van der Waals surface area contributed by atoms with E-state index in [4.69, 9.17) is 16.3 Å². The molecule has 1 aliphatic rings. The van der Waals surface area contributed by atoms with E-state index in [9.17, 15) is 5.11 Å². The summed E-state index contributed by atoms with van der Waals surface area (Å²) in [4.78, 5) is 2.28. The van der Waals surface area contributed by atoms with Crippen LogP contribution in [-0.2, 0) is 11.3 Å². The predicted molar refractivity (Wildman–Crippen MR) is 82.5 cm³/mol. The smallest absolute Gasteiger partial charge is 0.0642 e. The van der Waals surface area contributed by atoms with Gasteiger partial charge in [-0.1, -0.05) is 23.7 Å². The van der Waals surface area contributed by atoms with Gasteiger partial charge in [0.25, 0.3) is 0 Å². The van der Waals surface area contributed by atoms with Gasteiger partial charge in [-0.2, -0.15) is 0 Å². The minimum absolute atomic E-state index is 0.169. The average Bonchev–Trinajstić information content (AvgIpc) is 2.45. The zero-order valence-corrected chi connectivity index (χ0v) is 12.7. The molecule has 1 aromatic rings.